The number of ether oxygens (including phenoxy) is 1. The quantitative estimate of drug-likeness (QED) is 0.748. The summed E-state index contributed by atoms with van der Waals surface area (Å²) in [5.74, 6) is 0.135. The number of benzene rings is 1. The fraction of sp³-hybridized carbons (Fsp3) is 0.125. The fourth-order valence-corrected chi connectivity index (χ4v) is 2.88. The molecule has 10 heteroatoms. The molecule has 0 amide bonds. The topological polar surface area (TPSA) is 106 Å². The fourth-order valence-electron chi connectivity index (χ4n) is 1.27. The van der Waals surface area contributed by atoms with Crippen LogP contribution in [0.15, 0.2) is 6.07 Å². The lowest BCUT2D eigenvalue weighted by molar-refractivity contribution is 0.302. The highest BCUT2D eigenvalue weighted by atomic mass is 35.5. The molecule has 0 aliphatic rings. The summed E-state index contributed by atoms with van der Waals surface area (Å²) in [6.45, 7) is 0. The maximum Gasteiger partial charge on any atom is 0.362 e. The molecule has 0 aliphatic heterocycles. The molecule has 2 aromatic rings. The van der Waals surface area contributed by atoms with E-state index in [1.165, 1.54) is 6.07 Å². The minimum absolute atomic E-state index is 0.135. The van der Waals surface area contributed by atoms with Crippen molar-refractivity contribution >= 4 is 57.5 Å². The molecule has 0 atom stereocenters. The smallest absolute Gasteiger partial charge is 0.362 e. The second kappa shape index (κ2) is 4.85. The number of nitrogens with two attached hydrogens (primary N) is 1. The highest BCUT2D eigenvalue weighted by Gasteiger charge is 2.19. The number of nitrogen functional groups attached to an aromatic ring is 1. The third-order valence-electron chi connectivity index (χ3n) is 1.93. The summed E-state index contributed by atoms with van der Waals surface area (Å²) in [6, 6.07) is 1.35. The van der Waals surface area contributed by atoms with E-state index in [0.29, 0.717) is 10.2 Å². The Morgan fingerprint density at radius 2 is 2.17 bits per heavy atom. The van der Waals surface area contributed by atoms with Crippen molar-refractivity contribution in [3.8, 4) is 5.75 Å². The molecule has 0 bridgehead atoms. The molecule has 0 saturated carbocycles. The van der Waals surface area contributed by atoms with Crippen molar-refractivity contribution in [2.45, 2.75) is 0 Å². The summed E-state index contributed by atoms with van der Waals surface area (Å²) < 4.78 is 16.3. The first-order valence-electron chi connectivity index (χ1n) is 4.49. The first-order chi connectivity index (χ1) is 8.28. The zero-order chi connectivity index (χ0) is 13.5. The zero-order valence-electron chi connectivity index (χ0n) is 8.63. The van der Waals surface area contributed by atoms with Crippen molar-refractivity contribution in [1.29, 1.82) is 0 Å². The zero-order valence-corrected chi connectivity index (χ0v) is 11.9. The van der Waals surface area contributed by atoms with Crippen molar-refractivity contribution in [3.63, 3.8) is 0 Å². The summed E-state index contributed by atoms with van der Waals surface area (Å²) in [6.07, 6.45) is -0.766. The van der Waals surface area contributed by atoms with E-state index >= 15 is 0 Å². The minimum Gasteiger partial charge on any atom is -0.479 e. The number of hydrogen-bond donors (Lipinski definition) is 3. The van der Waals surface area contributed by atoms with Gasteiger partial charge in [0.25, 0.3) is 0 Å². The van der Waals surface area contributed by atoms with Crippen molar-refractivity contribution in [2.75, 3.05) is 12.1 Å². The first kappa shape index (κ1) is 13.9. The molecular formula is C8H7Cl2N2O4PS. The van der Waals surface area contributed by atoms with Gasteiger partial charge in [-0.15, -0.1) is 0 Å². The lowest BCUT2D eigenvalue weighted by Gasteiger charge is -2.09. The molecule has 0 spiro atoms. The Morgan fingerprint density at radius 3 is 2.78 bits per heavy atom. The van der Waals surface area contributed by atoms with Gasteiger partial charge in [-0.2, -0.15) is 0 Å². The van der Waals surface area contributed by atoms with E-state index in [2.05, 4.69) is 4.98 Å². The maximum absolute atomic E-state index is 10.8. The van der Waals surface area contributed by atoms with Gasteiger partial charge in [0.2, 0.25) is 0 Å². The minimum atomic E-state index is -4.28. The Hall–Kier alpha value is -0.560. The summed E-state index contributed by atoms with van der Waals surface area (Å²) in [5, 5.41) is 0.744. The Kier molecular flexibility index (Phi) is 3.73. The van der Waals surface area contributed by atoms with E-state index in [1.54, 1.807) is 0 Å². The van der Waals surface area contributed by atoms with Gasteiger partial charge in [0.1, 0.15) is 11.3 Å². The highest BCUT2D eigenvalue weighted by molar-refractivity contribution is 7.51. The van der Waals surface area contributed by atoms with Crippen LogP contribution in [0.5, 0.6) is 5.75 Å². The summed E-state index contributed by atoms with van der Waals surface area (Å²) in [7, 11) is -4.28. The standard InChI is InChI=1S/C8H7Cl2N2O4PS/c9-3-1-4(16-2-17(13,14)15)6-7(5(3)10)18-8(11)12-6/h1H,2H2,(H2,11,12)(H2,13,14,15). The van der Waals surface area contributed by atoms with E-state index < -0.39 is 13.9 Å². The molecule has 98 valence electrons. The molecule has 0 saturated heterocycles. The maximum atomic E-state index is 10.8. The molecule has 0 radical (unpaired) electrons. The van der Waals surface area contributed by atoms with Crippen LogP contribution in [-0.4, -0.2) is 21.1 Å². The van der Waals surface area contributed by atoms with Gasteiger partial charge in [-0.3, -0.25) is 4.57 Å². The average molecular weight is 329 g/mol. The highest BCUT2D eigenvalue weighted by Crippen LogP contribution is 2.42. The number of hydrogen-bond acceptors (Lipinski definition) is 5. The monoisotopic (exact) mass is 328 g/mol. The van der Waals surface area contributed by atoms with Gasteiger partial charge < -0.3 is 20.3 Å². The van der Waals surface area contributed by atoms with E-state index in [9.17, 15) is 4.57 Å². The molecule has 0 unspecified atom stereocenters. The predicted octanol–water partition coefficient (Wildman–Crippen LogP) is 2.70. The summed E-state index contributed by atoms with van der Waals surface area (Å²) in [5.41, 5.74) is 5.89. The van der Waals surface area contributed by atoms with Gasteiger partial charge in [0.05, 0.1) is 14.7 Å². The molecule has 1 aromatic carbocycles. The SMILES string of the molecule is Nc1nc2c(OCP(=O)(O)O)cc(Cl)c(Cl)c2s1. The van der Waals surface area contributed by atoms with E-state index in [-0.39, 0.29) is 20.9 Å². The molecule has 1 heterocycles. The van der Waals surface area contributed by atoms with Crippen LogP contribution in [-0.2, 0) is 4.57 Å². The average Bonchev–Trinajstić information content (AvgIpc) is 2.62. The van der Waals surface area contributed by atoms with E-state index in [4.69, 9.17) is 43.5 Å². The second-order valence-electron chi connectivity index (χ2n) is 3.34. The Bertz CT molecular complexity index is 656. The van der Waals surface area contributed by atoms with Crippen LogP contribution in [0.1, 0.15) is 0 Å². The number of nitrogens with zero attached hydrogens (tertiary/aromatic N) is 1. The Balaban J connectivity index is 2.50. The second-order valence-corrected chi connectivity index (χ2v) is 6.74. The van der Waals surface area contributed by atoms with Gasteiger partial charge >= 0.3 is 7.60 Å². The van der Waals surface area contributed by atoms with Gasteiger partial charge in [-0.05, 0) is 0 Å². The van der Waals surface area contributed by atoms with Crippen LogP contribution in [0.2, 0.25) is 10.0 Å². The van der Waals surface area contributed by atoms with Crippen LogP contribution in [0, 0.1) is 0 Å². The summed E-state index contributed by atoms with van der Waals surface area (Å²) in [4.78, 5) is 21.5. The third kappa shape index (κ3) is 2.88. The first-order valence-corrected chi connectivity index (χ1v) is 7.86. The Morgan fingerprint density at radius 1 is 1.50 bits per heavy atom. The van der Waals surface area contributed by atoms with Crippen molar-refractivity contribution < 1.29 is 19.1 Å². The molecule has 18 heavy (non-hydrogen) atoms. The summed E-state index contributed by atoms with van der Waals surface area (Å²) >= 11 is 13.0. The molecule has 4 N–H and O–H groups in total. The van der Waals surface area contributed by atoms with Crippen LogP contribution in [0.4, 0.5) is 5.13 Å². The van der Waals surface area contributed by atoms with Gasteiger partial charge in [-0.25, -0.2) is 4.98 Å². The number of anilines is 1. The number of fused-ring (bicyclic) bond motifs is 1. The molecule has 6 nitrogen and oxygen atoms in total. The Labute approximate surface area is 115 Å². The predicted molar refractivity (Wildman–Crippen MR) is 71.6 cm³/mol. The number of rotatable bonds is 3. The van der Waals surface area contributed by atoms with Gasteiger partial charge in [0.15, 0.2) is 11.5 Å². The normalized spacial score (nSPS) is 12.0. The molecule has 2 rings (SSSR count). The molecule has 0 fully saturated rings. The largest absolute Gasteiger partial charge is 0.479 e. The molecule has 0 aliphatic carbocycles. The molecular weight excluding hydrogens is 322 g/mol. The van der Waals surface area contributed by atoms with Crippen LogP contribution >= 0.6 is 42.1 Å². The molecule has 1 aromatic heterocycles. The number of thiazole rings is 1. The lowest BCUT2D eigenvalue weighted by Crippen LogP contribution is -1.98. The van der Waals surface area contributed by atoms with Crippen LogP contribution < -0.4 is 10.5 Å². The van der Waals surface area contributed by atoms with Crippen molar-refractivity contribution in [1.82, 2.24) is 4.98 Å². The van der Waals surface area contributed by atoms with Crippen LogP contribution in [0.3, 0.4) is 0 Å². The van der Waals surface area contributed by atoms with Crippen molar-refractivity contribution in [3.05, 3.63) is 16.1 Å². The van der Waals surface area contributed by atoms with Crippen LogP contribution in [0.25, 0.3) is 10.2 Å². The van der Waals surface area contributed by atoms with Gasteiger partial charge in [-0.1, -0.05) is 34.5 Å². The lowest BCUT2D eigenvalue weighted by atomic mass is 10.3. The van der Waals surface area contributed by atoms with Gasteiger partial charge in [0, 0.05) is 6.07 Å². The van der Waals surface area contributed by atoms with Crippen molar-refractivity contribution in [2.24, 2.45) is 0 Å². The number of halogens is 2. The number of aromatic nitrogens is 1. The third-order valence-corrected chi connectivity index (χ3v) is 4.20. The van der Waals surface area contributed by atoms with E-state index in [0.717, 1.165) is 11.3 Å². The van der Waals surface area contributed by atoms with E-state index in [1.807, 2.05) is 0 Å².